The Balaban J connectivity index is 2.47. The molecule has 0 bridgehead atoms. The highest BCUT2D eigenvalue weighted by molar-refractivity contribution is 5.86. The van der Waals surface area contributed by atoms with Crippen molar-refractivity contribution in [1.29, 1.82) is 0 Å². The molecule has 0 N–H and O–H groups in total. The number of ether oxygens (including phenoxy) is 1. The zero-order chi connectivity index (χ0) is 13.4. The second-order valence-electron chi connectivity index (χ2n) is 5.33. The Kier molecular flexibility index (Phi) is 3.05. The molecule has 18 heavy (non-hydrogen) atoms. The molecule has 2 rings (SSSR count). The number of carbonyl (C=O) groups is 1. The monoisotopic (exact) mass is 244 g/mol. The van der Waals surface area contributed by atoms with E-state index in [4.69, 9.17) is 4.74 Å². The predicted octanol–water partition coefficient (Wildman–Crippen LogP) is 3.47. The van der Waals surface area contributed by atoms with Gasteiger partial charge in [0.15, 0.2) is 0 Å². The van der Waals surface area contributed by atoms with Crippen molar-refractivity contribution in [1.82, 2.24) is 0 Å². The fourth-order valence-corrected chi connectivity index (χ4v) is 3.33. The predicted molar refractivity (Wildman–Crippen MR) is 72.3 cm³/mol. The first-order valence-corrected chi connectivity index (χ1v) is 6.37. The van der Waals surface area contributed by atoms with Gasteiger partial charge in [-0.3, -0.25) is 0 Å². The quantitative estimate of drug-likeness (QED) is 0.601. The molecule has 96 valence electrons. The van der Waals surface area contributed by atoms with Crippen LogP contribution in [0.25, 0.3) is 0 Å². The van der Waals surface area contributed by atoms with Gasteiger partial charge >= 0.3 is 5.97 Å². The third kappa shape index (κ3) is 1.59. The van der Waals surface area contributed by atoms with Crippen LogP contribution in [0.1, 0.15) is 32.8 Å². The maximum absolute atomic E-state index is 11.5. The molecule has 1 aromatic carbocycles. The zero-order valence-electron chi connectivity index (χ0n) is 11.5. The molecule has 0 aromatic heterocycles. The third-order valence-electron chi connectivity index (χ3n) is 4.40. The van der Waals surface area contributed by atoms with Crippen molar-refractivity contribution >= 4 is 5.97 Å². The molecule has 1 aliphatic carbocycles. The van der Waals surface area contributed by atoms with E-state index in [9.17, 15) is 4.79 Å². The number of rotatable bonds is 3. The molecule has 1 unspecified atom stereocenters. The van der Waals surface area contributed by atoms with Crippen molar-refractivity contribution in [2.45, 2.75) is 32.6 Å². The van der Waals surface area contributed by atoms with Crippen LogP contribution in [0.2, 0.25) is 0 Å². The first-order valence-electron chi connectivity index (χ1n) is 6.37. The van der Waals surface area contributed by atoms with E-state index in [1.165, 1.54) is 18.2 Å². The molecule has 1 atom stereocenters. The van der Waals surface area contributed by atoms with E-state index in [1.54, 1.807) is 6.08 Å². The second kappa shape index (κ2) is 4.27. The highest BCUT2D eigenvalue weighted by atomic mass is 16.5. The van der Waals surface area contributed by atoms with Crippen molar-refractivity contribution in [3.63, 3.8) is 0 Å². The molecule has 2 nitrogen and oxygen atoms in total. The van der Waals surface area contributed by atoms with Gasteiger partial charge in [0.05, 0.1) is 7.11 Å². The van der Waals surface area contributed by atoms with E-state index in [2.05, 4.69) is 45.0 Å². The van der Waals surface area contributed by atoms with Crippen LogP contribution in [-0.2, 0) is 14.9 Å². The van der Waals surface area contributed by atoms with Gasteiger partial charge in [0.2, 0.25) is 0 Å². The molecule has 0 aliphatic heterocycles. The number of allylic oxidation sites excluding steroid dienone is 1. The van der Waals surface area contributed by atoms with Crippen LogP contribution < -0.4 is 0 Å². The van der Waals surface area contributed by atoms with Crippen LogP contribution in [0, 0.1) is 5.41 Å². The topological polar surface area (TPSA) is 26.3 Å². The van der Waals surface area contributed by atoms with Crippen LogP contribution in [0.15, 0.2) is 42.0 Å². The van der Waals surface area contributed by atoms with Crippen LogP contribution in [0.3, 0.4) is 0 Å². The summed E-state index contributed by atoms with van der Waals surface area (Å²) in [6, 6.07) is 10.4. The Morgan fingerprint density at radius 2 is 1.89 bits per heavy atom. The first kappa shape index (κ1) is 12.9. The van der Waals surface area contributed by atoms with E-state index in [1.807, 2.05) is 6.07 Å². The lowest BCUT2D eigenvalue weighted by atomic mass is 9.85. The third-order valence-corrected chi connectivity index (χ3v) is 4.40. The Hall–Kier alpha value is -1.57. The molecular weight excluding hydrogens is 224 g/mol. The van der Waals surface area contributed by atoms with E-state index < -0.39 is 0 Å². The molecule has 1 aromatic rings. The minimum atomic E-state index is -0.260. The van der Waals surface area contributed by atoms with Gasteiger partial charge in [-0.25, -0.2) is 4.79 Å². The molecule has 1 fully saturated rings. The second-order valence-corrected chi connectivity index (χ2v) is 5.33. The molecule has 0 amide bonds. The molecule has 0 heterocycles. The number of hydrogen-bond acceptors (Lipinski definition) is 2. The smallest absolute Gasteiger partial charge is 0.330 e. The highest BCUT2D eigenvalue weighted by Gasteiger charge is 2.66. The fourth-order valence-electron chi connectivity index (χ4n) is 3.33. The SMILES string of the molecule is CCC1(c2ccccc2)/C(=C/C(=O)OC)C1(C)C. The maximum Gasteiger partial charge on any atom is 0.330 e. The van der Waals surface area contributed by atoms with Gasteiger partial charge in [-0.2, -0.15) is 0 Å². The number of esters is 1. The van der Waals surface area contributed by atoms with Gasteiger partial charge in [0.1, 0.15) is 0 Å². The van der Waals surface area contributed by atoms with Gasteiger partial charge in [-0.15, -0.1) is 0 Å². The van der Waals surface area contributed by atoms with Crippen molar-refractivity contribution in [2.24, 2.45) is 5.41 Å². The average molecular weight is 244 g/mol. The number of carbonyl (C=O) groups excluding carboxylic acids is 1. The number of hydrogen-bond donors (Lipinski definition) is 0. The summed E-state index contributed by atoms with van der Waals surface area (Å²) in [5.74, 6) is -0.260. The van der Waals surface area contributed by atoms with Crippen LogP contribution in [-0.4, -0.2) is 13.1 Å². The molecule has 0 saturated heterocycles. The van der Waals surface area contributed by atoms with Gasteiger partial charge in [0, 0.05) is 16.9 Å². The highest BCUT2D eigenvalue weighted by Crippen LogP contribution is 2.70. The Labute approximate surface area is 109 Å². The van der Waals surface area contributed by atoms with Gasteiger partial charge in [0.25, 0.3) is 0 Å². The molecule has 1 aliphatic rings. The van der Waals surface area contributed by atoms with E-state index in [0.29, 0.717) is 0 Å². The summed E-state index contributed by atoms with van der Waals surface area (Å²) in [6.07, 6.45) is 2.66. The molecule has 0 spiro atoms. The summed E-state index contributed by atoms with van der Waals surface area (Å²) in [5, 5.41) is 0. The first-order chi connectivity index (χ1) is 8.50. The van der Waals surface area contributed by atoms with Crippen LogP contribution >= 0.6 is 0 Å². The lowest BCUT2D eigenvalue weighted by molar-refractivity contribution is -0.134. The minimum Gasteiger partial charge on any atom is -0.466 e. The summed E-state index contributed by atoms with van der Waals surface area (Å²) in [5.41, 5.74) is 2.47. The van der Waals surface area contributed by atoms with Crippen molar-refractivity contribution in [3.8, 4) is 0 Å². The summed E-state index contributed by atoms with van der Waals surface area (Å²) in [4.78, 5) is 11.5. The van der Waals surface area contributed by atoms with Gasteiger partial charge in [-0.1, -0.05) is 51.1 Å². The average Bonchev–Trinajstić information content (AvgIpc) is 2.86. The number of methoxy groups -OCH3 is 1. The molecule has 2 heteroatoms. The van der Waals surface area contributed by atoms with E-state index in [0.717, 1.165) is 6.42 Å². The van der Waals surface area contributed by atoms with Crippen molar-refractivity contribution in [3.05, 3.63) is 47.5 Å². The Morgan fingerprint density at radius 1 is 1.28 bits per heavy atom. The zero-order valence-corrected chi connectivity index (χ0v) is 11.5. The fraction of sp³-hybridized carbons (Fsp3) is 0.438. The van der Waals surface area contributed by atoms with Crippen molar-refractivity contribution in [2.75, 3.05) is 7.11 Å². The summed E-state index contributed by atoms with van der Waals surface area (Å²) < 4.78 is 4.75. The largest absolute Gasteiger partial charge is 0.466 e. The minimum absolute atomic E-state index is 0.0115. The molecular formula is C16H20O2. The molecule has 1 saturated carbocycles. The van der Waals surface area contributed by atoms with Gasteiger partial charge < -0.3 is 4.74 Å². The summed E-state index contributed by atoms with van der Waals surface area (Å²) in [6.45, 7) is 6.56. The Bertz CT molecular complexity index is 485. The van der Waals surface area contributed by atoms with E-state index in [-0.39, 0.29) is 16.8 Å². The lowest BCUT2D eigenvalue weighted by Crippen LogP contribution is -2.12. The van der Waals surface area contributed by atoms with Crippen LogP contribution in [0.5, 0.6) is 0 Å². The normalized spacial score (nSPS) is 27.0. The van der Waals surface area contributed by atoms with Crippen molar-refractivity contribution < 1.29 is 9.53 Å². The van der Waals surface area contributed by atoms with Crippen LogP contribution in [0.4, 0.5) is 0 Å². The maximum atomic E-state index is 11.5. The summed E-state index contributed by atoms with van der Waals surface area (Å²) in [7, 11) is 1.42. The lowest BCUT2D eigenvalue weighted by Gasteiger charge is -2.17. The van der Waals surface area contributed by atoms with E-state index >= 15 is 0 Å². The Morgan fingerprint density at radius 3 is 2.39 bits per heavy atom. The standard InChI is InChI=1S/C16H20O2/c1-5-16(12-9-7-6-8-10-12)13(15(16,2)3)11-14(17)18-4/h6-11H,5H2,1-4H3/b13-11+. The summed E-state index contributed by atoms with van der Waals surface area (Å²) >= 11 is 0. The van der Waals surface area contributed by atoms with Gasteiger partial charge in [-0.05, 0) is 17.6 Å². The number of benzene rings is 1. The molecule has 0 radical (unpaired) electrons.